The highest BCUT2D eigenvalue weighted by Gasteiger charge is 2.43. The highest BCUT2D eigenvalue weighted by molar-refractivity contribution is 5.93. The molecule has 2 fully saturated rings. The van der Waals surface area contributed by atoms with Gasteiger partial charge in [0.25, 0.3) is 5.91 Å². The Morgan fingerprint density at radius 3 is 2.96 bits per heavy atom. The molecular formula is C18H28N4O3. The summed E-state index contributed by atoms with van der Waals surface area (Å²) in [6.45, 7) is 5.51. The van der Waals surface area contributed by atoms with Crippen molar-refractivity contribution in [2.45, 2.75) is 39.0 Å². The fourth-order valence-corrected chi connectivity index (χ4v) is 4.14. The number of rotatable bonds is 5. The number of amides is 2. The van der Waals surface area contributed by atoms with Crippen molar-refractivity contribution in [1.29, 1.82) is 0 Å². The number of nitrogens with zero attached hydrogens (tertiary/aromatic N) is 3. The van der Waals surface area contributed by atoms with Crippen molar-refractivity contribution in [3.63, 3.8) is 0 Å². The summed E-state index contributed by atoms with van der Waals surface area (Å²) in [6.07, 6.45) is 5.93. The van der Waals surface area contributed by atoms with Gasteiger partial charge in [-0.05, 0) is 32.6 Å². The summed E-state index contributed by atoms with van der Waals surface area (Å²) in [7, 11) is 1.68. The van der Waals surface area contributed by atoms with Gasteiger partial charge in [-0.1, -0.05) is 0 Å². The molecule has 2 aliphatic heterocycles. The van der Waals surface area contributed by atoms with Gasteiger partial charge in [-0.2, -0.15) is 0 Å². The smallest absolute Gasteiger partial charge is 0.274 e. The van der Waals surface area contributed by atoms with Crippen LogP contribution in [0.15, 0.2) is 6.33 Å². The van der Waals surface area contributed by atoms with Gasteiger partial charge < -0.3 is 19.5 Å². The van der Waals surface area contributed by atoms with Crippen LogP contribution in [0.2, 0.25) is 0 Å². The van der Waals surface area contributed by atoms with Crippen LogP contribution in [0.1, 0.15) is 48.3 Å². The van der Waals surface area contributed by atoms with Crippen molar-refractivity contribution in [1.82, 2.24) is 19.8 Å². The molecule has 25 heavy (non-hydrogen) atoms. The van der Waals surface area contributed by atoms with E-state index in [-0.39, 0.29) is 17.2 Å². The first-order chi connectivity index (χ1) is 12.0. The SMILES string of the molecule is COCCCN1CC2(CCCN(C(=O)c3nc[nH]c3C)C2)CCC1=O. The van der Waals surface area contributed by atoms with Gasteiger partial charge in [0.05, 0.1) is 6.33 Å². The molecule has 3 rings (SSSR count). The van der Waals surface area contributed by atoms with Gasteiger partial charge in [0.2, 0.25) is 5.91 Å². The zero-order chi connectivity index (χ0) is 17.9. The normalized spacial score (nSPS) is 24.2. The Balaban J connectivity index is 1.68. The molecule has 7 heteroatoms. The van der Waals surface area contributed by atoms with Crippen LogP contribution in [0.3, 0.4) is 0 Å². The third kappa shape index (κ3) is 3.86. The average Bonchev–Trinajstić information content (AvgIpc) is 3.04. The first-order valence-corrected chi connectivity index (χ1v) is 9.11. The number of likely N-dealkylation sites (tertiary alicyclic amines) is 2. The van der Waals surface area contributed by atoms with Crippen molar-refractivity contribution in [3.05, 3.63) is 17.7 Å². The van der Waals surface area contributed by atoms with Crippen molar-refractivity contribution >= 4 is 11.8 Å². The molecule has 3 heterocycles. The van der Waals surface area contributed by atoms with Crippen LogP contribution in [-0.2, 0) is 9.53 Å². The zero-order valence-electron chi connectivity index (χ0n) is 15.2. The third-order valence-electron chi connectivity index (χ3n) is 5.51. The molecule has 0 bridgehead atoms. The van der Waals surface area contributed by atoms with Crippen LogP contribution in [0.25, 0.3) is 0 Å². The van der Waals surface area contributed by atoms with Crippen molar-refractivity contribution in [3.8, 4) is 0 Å². The Morgan fingerprint density at radius 1 is 1.40 bits per heavy atom. The van der Waals surface area contributed by atoms with Gasteiger partial charge >= 0.3 is 0 Å². The van der Waals surface area contributed by atoms with Gasteiger partial charge in [-0.3, -0.25) is 9.59 Å². The number of aryl methyl sites for hydroxylation is 1. The molecule has 1 atom stereocenters. The molecule has 138 valence electrons. The monoisotopic (exact) mass is 348 g/mol. The second-order valence-electron chi connectivity index (χ2n) is 7.37. The molecule has 2 aliphatic rings. The quantitative estimate of drug-likeness (QED) is 0.820. The number of aromatic nitrogens is 2. The number of aromatic amines is 1. The largest absolute Gasteiger partial charge is 0.385 e. The van der Waals surface area contributed by atoms with Crippen LogP contribution in [0, 0.1) is 12.3 Å². The summed E-state index contributed by atoms with van der Waals surface area (Å²) in [5.74, 6) is 0.231. The van der Waals surface area contributed by atoms with Crippen LogP contribution in [-0.4, -0.2) is 71.5 Å². The van der Waals surface area contributed by atoms with E-state index >= 15 is 0 Å². The summed E-state index contributed by atoms with van der Waals surface area (Å²) in [4.78, 5) is 36.1. The summed E-state index contributed by atoms with van der Waals surface area (Å²) >= 11 is 0. The number of ether oxygens (including phenoxy) is 1. The third-order valence-corrected chi connectivity index (χ3v) is 5.51. The molecule has 0 aromatic carbocycles. The highest BCUT2D eigenvalue weighted by Crippen LogP contribution is 2.39. The lowest BCUT2D eigenvalue weighted by Crippen LogP contribution is -2.55. The minimum atomic E-state index is 0.000609. The number of imidazole rings is 1. The maximum atomic E-state index is 12.8. The Morgan fingerprint density at radius 2 is 2.24 bits per heavy atom. The summed E-state index contributed by atoms with van der Waals surface area (Å²) in [5, 5.41) is 0. The number of piperidine rings is 2. The number of nitrogens with one attached hydrogen (secondary N) is 1. The fourth-order valence-electron chi connectivity index (χ4n) is 4.14. The number of carbonyl (C=O) groups excluding carboxylic acids is 2. The van der Waals surface area contributed by atoms with E-state index in [2.05, 4.69) is 9.97 Å². The van der Waals surface area contributed by atoms with Crippen molar-refractivity contribution in [2.75, 3.05) is 39.9 Å². The maximum Gasteiger partial charge on any atom is 0.274 e. The van der Waals surface area contributed by atoms with Crippen molar-refractivity contribution in [2.24, 2.45) is 5.41 Å². The lowest BCUT2D eigenvalue weighted by Gasteiger charge is -2.48. The molecule has 1 N–H and O–H groups in total. The summed E-state index contributed by atoms with van der Waals surface area (Å²) in [5.41, 5.74) is 1.35. The maximum absolute atomic E-state index is 12.8. The minimum absolute atomic E-state index is 0.000609. The van der Waals surface area contributed by atoms with Crippen LogP contribution in [0.4, 0.5) is 0 Å². The summed E-state index contributed by atoms with van der Waals surface area (Å²) in [6, 6.07) is 0. The predicted molar refractivity (Wildman–Crippen MR) is 93.2 cm³/mol. The highest BCUT2D eigenvalue weighted by atomic mass is 16.5. The standard InChI is InChI=1S/C18H28N4O3/c1-14-16(20-13-19-14)17(24)22-8-3-6-18(12-22)7-5-15(23)21(11-18)9-4-10-25-2/h13H,3-12H2,1-2H3,(H,19,20). The molecule has 1 aromatic rings. The number of carbonyl (C=O) groups is 2. The van der Waals surface area contributed by atoms with E-state index in [0.717, 1.165) is 51.0 Å². The van der Waals surface area contributed by atoms with E-state index in [0.29, 0.717) is 25.3 Å². The van der Waals surface area contributed by atoms with E-state index in [1.807, 2.05) is 16.7 Å². The van der Waals surface area contributed by atoms with E-state index in [4.69, 9.17) is 4.74 Å². The molecule has 0 radical (unpaired) electrons. The Bertz CT molecular complexity index is 630. The van der Waals surface area contributed by atoms with Gasteiger partial charge in [-0.25, -0.2) is 4.98 Å². The second-order valence-corrected chi connectivity index (χ2v) is 7.37. The lowest BCUT2D eigenvalue weighted by atomic mass is 9.73. The molecule has 7 nitrogen and oxygen atoms in total. The number of hydrogen-bond acceptors (Lipinski definition) is 4. The van der Waals surface area contributed by atoms with Crippen LogP contribution >= 0.6 is 0 Å². The van der Waals surface area contributed by atoms with Gasteiger partial charge in [0.1, 0.15) is 5.69 Å². The van der Waals surface area contributed by atoms with Crippen molar-refractivity contribution < 1.29 is 14.3 Å². The Labute approximate surface area is 148 Å². The molecule has 1 aromatic heterocycles. The molecule has 0 saturated carbocycles. The lowest BCUT2D eigenvalue weighted by molar-refractivity contribution is -0.139. The number of hydrogen-bond donors (Lipinski definition) is 1. The van der Waals surface area contributed by atoms with E-state index in [1.54, 1.807) is 13.4 Å². The predicted octanol–water partition coefficient (Wildman–Crippen LogP) is 1.60. The van der Waals surface area contributed by atoms with Gasteiger partial charge in [0.15, 0.2) is 0 Å². The van der Waals surface area contributed by atoms with Gasteiger partial charge in [-0.15, -0.1) is 0 Å². The second kappa shape index (κ2) is 7.56. The summed E-state index contributed by atoms with van der Waals surface area (Å²) < 4.78 is 5.11. The number of H-pyrrole nitrogens is 1. The average molecular weight is 348 g/mol. The van der Waals surface area contributed by atoms with Crippen LogP contribution in [0.5, 0.6) is 0 Å². The molecule has 0 aliphatic carbocycles. The first kappa shape index (κ1) is 17.9. The fraction of sp³-hybridized carbons (Fsp3) is 0.722. The Kier molecular flexibility index (Phi) is 5.42. The first-order valence-electron chi connectivity index (χ1n) is 9.11. The minimum Gasteiger partial charge on any atom is -0.385 e. The molecule has 2 saturated heterocycles. The van der Waals surface area contributed by atoms with E-state index in [1.165, 1.54) is 0 Å². The van der Waals surface area contributed by atoms with E-state index < -0.39 is 0 Å². The van der Waals surface area contributed by atoms with E-state index in [9.17, 15) is 9.59 Å². The van der Waals surface area contributed by atoms with Gasteiger partial charge in [0, 0.05) is 57.4 Å². The Hall–Kier alpha value is -1.89. The number of methoxy groups -OCH3 is 1. The van der Waals surface area contributed by atoms with Crippen LogP contribution < -0.4 is 0 Å². The molecule has 1 unspecified atom stereocenters. The molecule has 1 spiro atoms. The molecule has 2 amide bonds. The topological polar surface area (TPSA) is 78.5 Å². The zero-order valence-corrected chi connectivity index (χ0v) is 15.2. The molecular weight excluding hydrogens is 320 g/mol.